The number of hydrogen-bond acceptors (Lipinski definition) is 3. The van der Waals surface area contributed by atoms with E-state index in [4.69, 9.17) is 9.47 Å². The molecule has 1 aliphatic rings. The lowest BCUT2D eigenvalue weighted by Crippen LogP contribution is -2.08. The Hall–Kier alpha value is -1.81. The predicted molar refractivity (Wildman–Crippen MR) is 98.0 cm³/mol. The molecule has 0 saturated heterocycles. The lowest BCUT2D eigenvalue weighted by Gasteiger charge is -2.13. The Morgan fingerprint density at radius 2 is 1.71 bits per heavy atom. The zero-order valence-electron chi connectivity index (χ0n) is 14.0. The van der Waals surface area contributed by atoms with Gasteiger partial charge in [0.15, 0.2) is 11.6 Å². The van der Waals surface area contributed by atoms with Crippen molar-refractivity contribution in [3.8, 4) is 11.5 Å². The molecule has 0 radical (unpaired) electrons. The van der Waals surface area contributed by atoms with Gasteiger partial charge in [0.05, 0.1) is 18.4 Å². The Labute approximate surface area is 145 Å². The van der Waals surface area contributed by atoms with Gasteiger partial charge in [-0.2, -0.15) is 0 Å². The van der Waals surface area contributed by atoms with Gasteiger partial charge in [-0.05, 0) is 49.9 Å². The highest BCUT2D eigenvalue weighted by atomic mass is 32.1. The number of ether oxygens (including phenoxy) is 2. The summed E-state index contributed by atoms with van der Waals surface area (Å²) < 4.78 is 27.5. The summed E-state index contributed by atoms with van der Waals surface area (Å²) in [4.78, 5) is 0. The molecule has 0 aliphatic heterocycles. The van der Waals surface area contributed by atoms with Crippen LogP contribution >= 0.6 is 11.3 Å². The van der Waals surface area contributed by atoms with Gasteiger partial charge in [0.2, 0.25) is 0 Å². The van der Waals surface area contributed by atoms with Gasteiger partial charge in [-0.25, -0.2) is 4.39 Å². The van der Waals surface area contributed by atoms with Gasteiger partial charge < -0.3 is 9.47 Å². The summed E-state index contributed by atoms with van der Waals surface area (Å²) in [6.45, 7) is 2.86. The molecule has 1 aromatic heterocycles. The molecule has 3 aromatic rings. The Balaban J connectivity index is 1.74. The van der Waals surface area contributed by atoms with Crippen LogP contribution in [0.4, 0.5) is 4.39 Å². The van der Waals surface area contributed by atoms with E-state index in [1.54, 1.807) is 6.07 Å². The van der Waals surface area contributed by atoms with Crippen molar-refractivity contribution >= 4 is 31.5 Å². The minimum Gasteiger partial charge on any atom is -0.494 e. The molecule has 4 heteroatoms. The lowest BCUT2D eigenvalue weighted by molar-refractivity contribution is 0.251. The van der Waals surface area contributed by atoms with Crippen molar-refractivity contribution in [1.29, 1.82) is 0 Å². The van der Waals surface area contributed by atoms with E-state index in [0.717, 1.165) is 33.4 Å². The van der Waals surface area contributed by atoms with Crippen molar-refractivity contribution in [3.63, 3.8) is 0 Å². The fraction of sp³-hybridized carbons (Fsp3) is 0.400. The molecule has 1 heterocycles. The monoisotopic (exact) mass is 344 g/mol. The topological polar surface area (TPSA) is 18.5 Å². The van der Waals surface area contributed by atoms with Crippen molar-refractivity contribution in [2.45, 2.75) is 32.6 Å². The molecule has 0 unspecified atom stereocenters. The molecule has 2 aromatic carbocycles. The molecule has 0 spiro atoms. The number of fused-ring (bicyclic) bond motifs is 3. The Morgan fingerprint density at radius 1 is 1.04 bits per heavy atom. The zero-order valence-corrected chi connectivity index (χ0v) is 14.8. The highest BCUT2D eigenvalue weighted by molar-refractivity contribution is 7.26. The highest BCUT2D eigenvalue weighted by Crippen LogP contribution is 2.42. The molecule has 2 nitrogen and oxygen atoms in total. The second-order valence-electron chi connectivity index (χ2n) is 6.59. The van der Waals surface area contributed by atoms with Crippen molar-refractivity contribution in [2.24, 2.45) is 5.92 Å². The van der Waals surface area contributed by atoms with E-state index in [1.807, 2.05) is 12.1 Å². The van der Waals surface area contributed by atoms with Gasteiger partial charge in [0, 0.05) is 21.0 Å². The van der Waals surface area contributed by atoms with E-state index < -0.39 is 0 Å². The molecule has 126 valence electrons. The Bertz CT molecular complexity index is 894. The summed E-state index contributed by atoms with van der Waals surface area (Å²) in [7, 11) is 1.50. The van der Waals surface area contributed by atoms with Crippen LogP contribution in [0.3, 0.4) is 0 Å². The quantitative estimate of drug-likeness (QED) is 0.571. The molecule has 0 bridgehead atoms. The van der Waals surface area contributed by atoms with Crippen molar-refractivity contribution < 1.29 is 13.9 Å². The molecule has 0 atom stereocenters. The summed E-state index contributed by atoms with van der Waals surface area (Å²) >= 11 is 1.48. The summed E-state index contributed by atoms with van der Waals surface area (Å²) in [6, 6.07) is 7.72. The first kappa shape index (κ1) is 15.7. The maximum absolute atomic E-state index is 14.5. The fourth-order valence-electron chi connectivity index (χ4n) is 3.67. The summed E-state index contributed by atoms with van der Waals surface area (Å²) in [5, 5.41) is 2.03. The maximum atomic E-state index is 14.5. The van der Waals surface area contributed by atoms with Crippen LogP contribution in [0.1, 0.15) is 31.2 Å². The third kappa shape index (κ3) is 2.53. The largest absolute Gasteiger partial charge is 0.494 e. The molecule has 1 aliphatic carbocycles. The van der Waals surface area contributed by atoms with E-state index in [9.17, 15) is 4.39 Å². The molecule has 0 amide bonds. The lowest BCUT2D eigenvalue weighted by atomic mass is 10.1. The molecule has 1 fully saturated rings. The number of thiophene rings is 1. The van der Waals surface area contributed by atoms with Gasteiger partial charge in [0.25, 0.3) is 0 Å². The minimum absolute atomic E-state index is 0.274. The van der Waals surface area contributed by atoms with Crippen LogP contribution in [-0.2, 0) is 0 Å². The normalized spacial score (nSPS) is 15.5. The Morgan fingerprint density at radius 3 is 2.42 bits per heavy atom. The number of benzene rings is 2. The van der Waals surface area contributed by atoms with E-state index in [-0.39, 0.29) is 5.82 Å². The van der Waals surface area contributed by atoms with E-state index in [2.05, 4.69) is 13.0 Å². The van der Waals surface area contributed by atoms with Crippen molar-refractivity contribution in [3.05, 3.63) is 35.6 Å². The van der Waals surface area contributed by atoms with Crippen LogP contribution in [0.15, 0.2) is 24.3 Å². The van der Waals surface area contributed by atoms with Crippen LogP contribution in [0.25, 0.3) is 20.2 Å². The Kier molecular flexibility index (Phi) is 4.09. The van der Waals surface area contributed by atoms with E-state index in [0.29, 0.717) is 16.4 Å². The summed E-state index contributed by atoms with van der Waals surface area (Å²) in [5.41, 5.74) is 1.10. The molecular weight excluding hydrogens is 323 g/mol. The maximum Gasteiger partial charge on any atom is 0.182 e. The predicted octanol–water partition coefficient (Wildman–Crippen LogP) is 6.08. The summed E-state index contributed by atoms with van der Waals surface area (Å²) in [5.74, 6) is 1.63. The SMILES string of the molecule is COc1ccc2c(sc3c(C)c(OCC4CCCC4)ccc32)c1F. The molecule has 24 heavy (non-hydrogen) atoms. The first-order chi connectivity index (χ1) is 11.7. The zero-order chi connectivity index (χ0) is 16.7. The van der Waals surface area contributed by atoms with Crippen LogP contribution < -0.4 is 9.47 Å². The van der Waals surface area contributed by atoms with Gasteiger partial charge in [0.1, 0.15) is 5.75 Å². The van der Waals surface area contributed by atoms with Gasteiger partial charge in [-0.3, -0.25) is 0 Å². The van der Waals surface area contributed by atoms with Crippen LogP contribution in [-0.4, -0.2) is 13.7 Å². The van der Waals surface area contributed by atoms with E-state index in [1.165, 1.54) is 44.1 Å². The standard InChI is InChI=1S/C20H21FO2S/c1-12-16(23-11-13-5-3-4-6-13)9-7-14-15-8-10-17(22-2)18(21)20(15)24-19(12)14/h7-10,13H,3-6,11H2,1-2H3. The second-order valence-corrected chi connectivity index (χ2v) is 7.61. The molecule has 4 rings (SSSR count). The van der Waals surface area contributed by atoms with Crippen LogP contribution in [0.2, 0.25) is 0 Å². The third-order valence-electron chi connectivity index (χ3n) is 5.08. The number of rotatable bonds is 4. The van der Waals surface area contributed by atoms with Crippen molar-refractivity contribution in [2.75, 3.05) is 13.7 Å². The first-order valence-electron chi connectivity index (χ1n) is 8.50. The van der Waals surface area contributed by atoms with Crippen LogP contribution in [0.5, 0.6) is 11.5 Å². The van der Waals surface area contributed by atoms with E-state index >= 15 is 0 Å². The first-order valence-corrected chi connectivity index (χ1v) is 9.32. The fourth-order valence-corrected chi connectivity index (χ4v) is 4.89. The van der Waals surface area contributed by atoms with Gasteiger partial charge in [-0.15, -0.1) is 11.3 Å². The molecular formula is C20H21FO2S. The number of methoxy groups -OCH3 is 1. The smallest absolute Gasteiger partial charge is 0.182 e. The minimum atomic E-state index is -0.274. The molecule has 0 N–H and O–H groups in total. The van der Waals surface area contributed by atoms with Gasteiger partial charge >= 0.3 is 0 Å². The van der Waals surface area contributed by atoms with Gasteiger partial charge in [-0.1, -0.05) is 12.8 Å². The molecule has 1 saturated carbocycles. The number of hydrogen-bond donors (Lipinski definition) is 0. The van der Waals surface area contributed by atoms with Crippen molar-refractivity contribution in [1.82, 2.24) is 0 Å². The third-order valence-corrected chi connectivity index (χ3v) is 6.41. The number of aryl methyl sites for hydroxylation is 1. The second kappa shape index (κ2) is 6.25. The highest BCUT2D eigenvalue weighted by Gasteiger charge is 2.18. The summed E-state index contributed by atoms with van der Waals surface area (Å²) in [6.07, 6.45) is 5.19. The average molecular weight is 344 g/mol. The van der Waals surface area contributed by atoms with Crippen LogP contribution in [0, 0.1) is 18.7 Å². The average Bonchev–Trinajstić information content (AvgIpc) is 3.23. The number of halogens is 1.